The molecule has 0 spiro atoms. The highest BCUT2D eigenvalue weighted by molar-refractivity contribution is 5.49. The predicted octanol–water partition coefficient (Wildman–Crippen LogP) is 1.70. The van der Waals surface area contributed by atoms with Crippen LogP contribution in [0.1, 0.15) is 18.5 Å². The number of rotatable bonds is 1. The number of nitrogens with two attached hydrogens (primary N) is 1. The van der Waals surface area contributed by atoms with E-state index < -0.39 is 0 Å². The van der Waals surface area contributed by atoms with Gasteiger partial charge in [0.05, 0.1) is 11.9 Å². The van der Waals surface area contributed by atoms with Crippen LogP contribution in [-0.4, -0.2) is 24.1 Å². The highest BCUT2D eigenvalue weighted by Gasteiger charge is 2.40. The fraction of sp³-hybridized carbons (Fsp3) is 0.615. The highest BCUT2D eigenvalue weighted by Crippen LogP contribution is 2.38. The fourth-order valence-corrected chi connectivity index (χ4v) is 3.23. The first-order valence-corrected chi connectivity index (χ1v) is 6.28. The van der Waals surface area contributed by atoms with E-state index in [9.17, 15) is 4.39 Å². The van der Waals surface area contributed by atoms with Crippen molar-refractivity contribution in [3.63, 3.8) is 0 Å². The van der Waals surface area contributed by atoms with Gasteiger partial charge in [0.1, 0.15) is 0 Å². The molecule has 0 radical (unpaired) electrons. The van der Waals surface area contributed by atoms with Crippen LogP contribution in [-0.2, 0) is 0 Å². The molecule has 92 valence electrons. The van der Waals surface area contributed by atoms with E-state index in [-0.39, 0.29) is 5.82 Å². The van der Waals surface area contributed by atoms with Gasteiger partial charge in [0.15, 0.2) is 5.82 Å². The standard InChI is InChI=1S/C13H18FN3/c1-8-4-12(11(14)5-16-8)17-6-9-2-3-10(7-17)13(9)15/h4-5,9-10,13H,2-3,6-7,15H2,1H3/t9-,10+,13?. The van der Waals surface area contributed by atoms with Gasteiger partial charge in [-0.25, -0.2) is 4.39 Å². The Hall–Kier alpha value is -1.16. The maximum absolute atomic E-state index is 13.8. The van der Waals surface area contributed by atoms with Gasteiger partial charge in [0.25, 0.3) is 0 Å². The number of nitrogens with zero attached hydrogens (tertiary/aromatic N) is 2. The number of anilines is 1. The third-order valence-electron chi connectivity index (χ3n) is 4.22. The van der Waals surface area contributed by atoms with Gasteiger partial charge < -0.3 is 10.6 Å². The maximum Gasteiger partial charge on any atom is 0.164 e. The first-order valence-electron chi connectivity index (χ1n) is 6.28. The Morgan fingerprint density at radius 3 is 2.65 bits per heavy atom. The summed E-state index contributed by atoms with van der Waals surface area (Å²) < 4.78 is 13.8. The van der Waals surface area contributed by atoms with Crippen molar-refractivity contribution in [2.24, 2.45) is 17.6 Å². The SMILES string of the molecule is Cc1cc(N2C[C@H]3CC[C@@H](C2)C3N)c(F)cn1. The van der Waals surface area contributed by atoms with Crippen LogP contribution < -0.4 is 10.6 Å². The Bertz CT molecular complexity index is 421. The molecule has 2 aliphatic rings. The number of hydrogen-bond acceptors (Lipinski definition) is 3. The molecule has 2 N–H and O–H groups in total. The Labute approximate surface area is 101 Å². The van der Waals surface area contributed by atoms with E-state index in [0.29, 0.717) is 23.6 Å². The lowest BCUT2D eigenvalue weighted by molar-refractivity contribution is 0.354. The highest BCUT2D eigenvalue weighted by atomic mass is 19.1. The predicted molar refractivity (Wildman–Crippen MR) is 65.3 cm³/mol. The number of piperidine rings is 1. The molecule has 1 aliphatic heterocycles. The number of aromatic nitrogens is 1. The van der Waals surface area contributed by atoms with Gasteiger partial charge in [0, 0.05) is 24.8 Å². The van der Waals surface area contributed by atoms with Crippen molar-refractivity contribution in [2.75, 3.05) is 18.0 Å². The van der Waals surface area contributed by atoms with Crippen LogP contribution in [0.5, 0.6) is 0 Å². The van der Waals surface area contributed by atoms with Crippen LogP contribution in [0.2, 0.25) is 0 Å². The Morgan fingerprint density at radius 2 is 2.00 bits per heavy atom. The van der Waals surface area contributed by atoms with E-state index in [1.54, 1.807) is 0 Å². The van der Waals surface area contributed by atoms with Crippen LogP contribution in [0.3, 0.4) is 0 Å². The quantitative estimate of drug-likeness (QED) is 0.805. The molecule has 1 aromatic rings. The van der Waals surface area contributed by atoms with Crippen molar-refractivity contribution in [3.05, 3.63) is 23.8 Å². The molecule has 0 amide bonds. The number of fused-ring (bicyclic) bond motifs is 2. The smallest absolute Gasteiger partial charge is 0.164 e. The second kappa shape index (κ2) is 3.95. The zero-order valence-electron chi connectivity index (χ0n) is 10.1. The Balaban J connectivity index is 1.88. The van der Waals surface area contributed by atoms with Gasteiger partial charge in [-0.05, 0) is 37.7 Å². The van der Waals surface area contributed by atoms with Crippen molar-refractivity contribution < 1.29 is 4.39 Å². The fourth-order valence-electron chi connectivity index (χ4n) is 3.23. The summed E-state index contributed by atoms with van der Waals surface area (Å²) in [5.41, 5.74) is 7.72. The molecular weight excluding hydrogens is 217 g/mol. The second-order valence-electron chi connectivity index (χ2n) is 5.36. The van der Waals surface area contributed by atoms with Gasteiger partial charge >= 0.3 is 0 Å². The van der Waals surface area contributed by atoms with Crippen LogP contribution >= 0.6 is 0 Å². The number of hydrogen-bond donors (Lipinski definition) is 1. The third-order valence-corrected chi connectivity index (χ3v) is 4.22. The van der Waals surface area contributed by atoms with Crippen LogP contribution in [0.15, 0.2) is 12.3 Å². The zero-order chi connectivity index (χ0) is 12.0. The van der Waals surface area contributed by atoms with Gasteiger partial charge in [0.2, 0.25) is 0 Å². The minimum Gasteiger partial charge on any atom is -0.368 e. The first-order chi connectivity index (χ1) is 8.15. The molecule has 3 nitrogen and oxygen atoms in total. The van der Waals surface area contributed by atoms with Crippen LogP contribution in [0.25, 0.3) is 0 Å². The maximum atomic E-state index is 13.8. The van der Waals surface area contributed by atoms with E-state index in [2.05, 4.69) is 9.88 Å². The van der Waals surface area contributed by atoms with Crippen LogP contribution in [0, 0.1) is 24.6 Å². The largest absolute Gasteiger partial charge is 0.368 e. The summed E-state index contributed by atoms with van der Waals surface area (Å²) >= 11 is 0. The average molecular weight is 235 g/mol. The topological polar surface area (TPSA) is 42.1 Å². The molecule has 17 heavy (non-hydrogen) atoms. The molecule has 1 saturated carbocycles. The molecule has 2 heterocycles. The normalized spacial score (nSPS) is 31.9. The van der Waals surface area contributed by atoms with E-state index >= 15 is 0 Å². The van der Waals surface area contributed by atoms with Crippen LogP contribution in [0.4, 0.5) is 10.1 Å². The molecule has 4 heteroatoms. The second-order valence-corrected chi connectivity index (χ2v) is 5.36. The first kappa shape index (κ1) is 11.0. The van der Waals surface area contributed by atoms with E-state index in [1.807, 2.05) is 13.0 Å². The van der Waals surface area contributed by atoms with Gasteiger partial charge in [-0.3, -0.25) is 4.98 Å². The molecule has 3 atom stereocenters. The molecule has 2 bridgehead atoms. The zero-order valence-corrected chi connectivity index (χ0v) is 10.1. The minimum atomic E-state index is -0.217. The molecule has 1 unspecified atom stereocenters. The van der Waals surface area contributed by atoms with Crippen molar-refractivity contribution in [2.45, 2.75) is 25.8 Å². The molecule has 1 saturated heterocycles. The van der Waals surface area contributed by atoms with Crippen molar-refractivity contribution >= 4 is 5.69 Å². The van der Waals surface area contributed by atoms with Gasteiger partial charge in [-0.15, -0.1) is 0 Å². The molecule has 3 rings (SSSR count). The molecule has 1 aliphatic carbocycles. The van der Waals surface area contributed by atoms with Gasteiger partial charge in [-0.2, -0.15) is 0 Å². The molecule has 1 aromatic heterocycles. The monoisotopic (exact) mass is 235 g/mol. The molecule has 0 aromatic carbocycles. The van der Waals surface area contributed by atoms with E-state index in [4.69, 9.17) is 5.73 Å². The Morgan fingerprint density at radius 1 is 1.35 bits per heavy atom. The third kappa shape index (κ3) is 1.80. The lowest BCUT2D eigenvalue weighted by Crippen LogP contribution is -2.49. The number of halogens is 1. The molecule has 2 fully saturated rings. The van der Waals surface area contributed by atoms with Gasteiger partial charge in [-0.1, -0.05) is 0 Å². The summed E-state index contributed by atoms with van der Waals surface area (Å²) in [5.74, 6) is 0.841. The lowest BCUT2D eigenvalue weighted by Gasteiger charge is -2.37. The Kier molecular flexibility index (Phi) is 2.54. The average Bonchev–Trinajstić information content (AvgIpc) is 2.55. The lowest BCUT2D eigenvalue weighted by atomic mass is 9.93. The summed E-state index contributed by atoms with van der Waals surface area (Å²) in [4.78, 5) is 6.12. The van der Waals surface area contributed by atoms with Crippen molar-refractivity contribution in [3.8, 4) is 0 Å². The summed E-state index contributed by atoms with van der Waals surface area (Å²) in [5, 5.41) is 0. The minimum absolute atomic E-state index is 0.217. The molecular formula is C13H18FN3. The summed E-state index contributed by atoms with van der Waals surface area (Å²) in [7, 11) is 0. The summed E-state index contributed by atoms with van der Waals surface area (Å²) in [6.07, 6.45) is 3.70. The van der Waals surface area contributed by atoms with E-state index in [1.165, 1.54) is 19.0 Å². The summed E-state index contributed by atoms with van der Waals surface area (Å²) in [6, 6.07) is 2.16. The number of aryl methyl sites for hydroxylation is 1. The number of pyridine rings is 1. The van der Waals surface area contributed by atoms with Crippen molar-refractivity contribution in [1.82, 2.24) is 4.98 Å². The van der Waals surface area contributed by atoms with E-state index in [0.717, 1.165) is 18.8 Å². The summed E-state index contributed by atoms with van der Waals surface area (Å²) in [6.45, 7) is 3.67. The van der Waals surface area contributed by atoms with Crippen molar-refractivity contribution in [1.29, 1.82) is 0 Å².